The zero-order valence-corrected chi connectivity index (χ0v) is 18.0. The van der Waals surface area contributed by atoms with Gasteiger partial charge in [0.2, 0.25) is 5.91 Å². The molecule has 0 bridgehead atoms. The molecule has 0 aliphatic carbocycles. The van der Waals surface area contributed by atoms with Gasteiger partial charge < -0.3 is 10.2 Å². The van der Waals surface area contributed by atoms with E-state index in [1.165, 1.54) is 18.5 Å². The molecule has 1 atom stereocenters. The van der Waals surface area contributed by atoms with Crippen LogP contribution < -0.4 is 5.32 Å². The van der Waals surface area contributed by atoms with Crippen LogP contribution in [0.25, 0.3) is 10.9 Å². The summed E-state index contributed by atoms with van der Waals surface area (Å²) < 4.78 is 13.1. The number of H-pyrrole nitrogens is 1. The second-order valence-electron chi connectivity index (χ2n) is 8.10. The zero-order valence-electron chi connectivity index (χ0n) is 18.0. The van der Waals surface area contributed by atoms with Crippen LogP contribution in [-0.4, -0.2) is 49.0 Å². The Labute approximate surface area is 190 Å². The molecular formula is C24H24FN7O. The van der Waals surface area contributed by atoms with Crippen LogP contribution in [0.15, 0.2) is 54.9 Å². The topological polar surface area (TPSA) is 99.7 Å². The summed E-state index contributed by atoms with van der Waals surface area (Å²) in [6.07, 6.45) is 4.16. The zero-order chi connectivity index (χ0) is 22.6. The summed E-state index contributed by atoms with van der Waals surface area (Å²) in [5.41, 5.74) is 1.81. The highest BCUT2D eigenvalue weighted by Gasteiger charge is 2.32. The van der Waals surface area contributed by atoms with Crippen molar-refractivity contribution in [1.29, 1.82) is 0 Å². The number of hydrogen-bond acceptors (Lipinski definition) is 6. The summed E-state index contributed by atoms with van der Waals surface area (Å²) in [6, 6.07) is 14.0. The predicted molar refractivity (Wildman–Crippen MR) is 122 cm³/mol. The van der Waals surface area contributed by atoms with Crippen LogP contribution in [0.5, 0.6) is 0 Å². The van der Waals surface area contributed by atoms with E-state index in [1.54, 1.807) is 12.1 Å². The molecule has 8 nitrogen and oxygen atoms in total. The van der Waals surface area contributed by atoms with E-state index >= 15 is 0 Å². The smallest absolute Gasteiger partial charge is 0.224 e. The minimum atomic E-state index is -0.264. The molecule has 1 fully saturated rings. The number of para-hydroxylation sites is 1. The summed E-state index contributed by atoms with van der Waals surface area (Å²) in [5.74, 6) is 1.86. The van der Waals surface area contributed by atoms with Crippen LogP contribution >= 0.6 is 0 Å². The fourth-order valence-corrected chi connectivity index (χ4v) is 4.24. The average molecular weight is 446 g/mol. The molecule has 3 heterocycles. The number of amides is 1. The number of nitrogens with one attached hydrogen (secondary N) is 2. The molecule has 1 amide bonds. The number of benzene rings is 2. The van der Waals surface area contributed by atoms with E-state index in [0.717, 1.165) is 35.1 Å². The molecule has 2 aromatic carbocycles. The summed E-state index contributed by atoms with van der Waals surface area (Å²) in [4.78, 5) is 28.0. The fraction of sp³-hybridized carbons (Fsp3) is 0.292. The lowest BCUT2D eigenvalue weighted by Gasteiger charge is -2.22. The van der Waals surface area contributed by atoms with Crippen molar-refractivity contribution in [3.05, 3.63) is 77.9 Å². The van der Waals surface area contributed by atoms with Crippen molar-refractivity contribution >= 4 is 22.6 Å². The number of anilines is 1. The van der Waals surface area contributed by atoms with E-state index in [2.05, 4.69) is 30.5 Å². The molecule has 0 saturated carbocycles. The predicted octanol–water partition coefficient (Wildman–Crippen LogP) is 3.64. The van der Waals surface area contributed by atoms with Gasteiger partial charge in [0.15, 0.2) is 5.82 Å². The van der Waals surface area contributed by atoms with Gasteiger partial charge in [-0.1, -0.05) is 24.3 Å². The number of rotatable bonds is 7. The van der Waals surface area contributed by atoms with Crippen LogP contribution in [0.3, 0.4) is 0 Å². The minimum Gasteiger partial charge on any atom is -0.369 e. The first-order chi connectivity index (χ1) is 16.2. The van der Waals surface area contributed by atoms with E-state index in [0.29, 0.717) is 37.6 Å². The van der Waals surface area contributed by atoms with Gasteiger partial charge in [0.05, 0.1) is 11.6 Å². The summed E-state index contributed by atoms with van der Waals surface area (Å²) in [5, 5.41) is 11.5. The molecular weight excluding hydrogens is 421 g/mol. The molecule has 0 radical (unpaired) electrons. The van der Waals surface area contributed by atoms with Gasteiger partial charge in [-0.15, -0.1) is 0 Å². The number of carbonyl (C=O) groups is 1. The van der Waals surface area contributed by atoms with E-state index in [9.17, 15) is 9.18 Å². The maximum atomic E-state index is 13.1. The summed E-state index contributed by atoms with van der Waals surface area (Å²) in [7, 11) is 0. The Morgan fingerprint density at radius 1 is 1.15 bits per heavy atom. The van der Waals surface area contributed by atoms with Crippen molar-refractivity contribution in [2.75, 3.05) is 18.4 Å². The first-order valence-corrected chi connectivity index (χ1v) is 11.1. The van der Waals surface area contributed by atoms with E-state index in [1.807, 2.05) is 29.2 Å². The molecule has 168 valence electrons. The number of hydrogen-bond donors (Lipinski definition) is 2. The lowest BCUT2D eigenvalue weighted by molar-refractivity contribution is -0.132. The fourth-order valence-electron chi connectivity index (χ4n) is 4.24. The highest BCUT2D eigenvalue weighted by Crippen LogP contribution is 2.30. The van der Waals surface area contributed by atoms with Crippen LogP contribution in [0.2, 0.25) is 0 Å². The van der Waals surface area contributed by atoms with E-state index in [-0.39, 0.29) is 17.8 Å². The third-order valence-electron chi connectivity index (χ3n) is 5.88. The molecule has 1 saturated heterocycles. The third kappa shape index (κ3) is 4.67. The van der Waals surface area contributed by atoms with Crippen molar-refractivity contribution in [3.63, 3.8) is 0 Å². The first kappa shape index (κ1) is 21.0. The quantitative estimate of drug-likeness (QED) is 0.451. The molecule has 0 spiro atoms. The molecule has 4 aromatic rings. The van der Waals surface area contributed by atoms with Crippen molar-refractivity contribution in [3.8, 4) is 0 Å². The van der Waals surface area contributed by atoms with Gasteiger partial charge in [-0.05, 0) is 42.7 Å². The van der Waals surface area contributed by atoms with Crippen molar-refractivity contribution in [2.24, 2.45) is 0 Å². The maximum Gasteiger partial charge on any atom is 0.224 e. The molecule has 33 heavy (non-hydrogen) atoms. The number of halogens is 1. The Kier molecular flexibility index (Phi) is 5.93. The molecule has 0 unspecified atom stereocenters. The molecule has 1 aliphatic rings. The number of aromatic amines is 1. The number of nitrogens with zero attached hydrogens (tertiary/aromatic N) is 5. The molecule has 2 N–H and O–H groups in total. The Hall–Kier alpha value is -3.88. The van der Waals surface area contributed by atoms with Gasteiger partial charge in [0.25, 0.3) is 0 Å². The van der Waals surface area contributed by atoms with Crippen molar-refractivity contribution in [1.82, 2.24) is 30.0 Å². The number of aromatic nitrogens is 5. The largest absolute Gasteiger partial charge is 0.369 e. The van der Waals surface area contributed by atoms with Gasteiger partial charge in [0, 0.05) is 31.3 Å². The van der Waals surface area contributed by atoms with Gasteiger partial charge >= 0.3 is 0 Å². The standard InChI is InChI=1S/C24H24FN7O/c25-17-9-7-16(8-10-17)14-21-29-24(31-30-21)20-6-3-13-32(20)22(33)11-12-26-23-18-4-1-2-5-19(18)27-15-28-23/h1-2,4-5,7-10,15,20H,3,6,11-14H2,(H,26,27,28)(H,29,30,31)/t20-/m1/s1. The van der Waals surface area contributed by atoms with Gasteiger partial charge in [-0.3, -0.25) is 9.89 Å². The van der Waals surface area contributed by atoms with Crippen LogP contribution in [0.1, 0.15) is 42.5 Å². The first-order valence-electron chi connectivity index (χ1n) is 11.1. The lowest BCUT2D eigenvalue weighted by atomic mass is 10.1. The SMILES string of the molecule is O=C(CCNc1ncnc2ccccc12)N1CCC[C@@H]1c1n[nH]c(Cc2ccc(F)cc2)n1. The Bertz CT molecular complexity index is 1250. The molecule has 1 aliphatic heterocycles. The molecule has 9 heteroatoms. The van der Waals surface area contributed by atoms with E-state index in [4.69, 9.17) is 0 Å². The second-order valence-corrected chi connectivity index (χ2v) is 8.10. The second kappa shape index (κ2) is 9.32. The normalized spacial score (nSPS) is 15.8. The summed E-state index contributed by atoms with van der Waals surface area (Å²) in [6.45, 7) is 1.18. The Morgan fingerprint density at radius 2 is 2.00 bits per heavy atom. The Morgan fingerprint density at radius 3 is 2.88 bits per heavy atom. The van der Waals surface area contributed by atoms with Crippen LogP contribution in [0.4, 0.5) is 10.2 Å². The molecule has 5 rings (SSSR count). The highest BCUT2D eigenvalue weighted by molar-refractivity contribution is 5.88. The number of likely N-dealkylation sites (tertiary alicyclic amines) is 1. The Balaban J connectivity index is 1.20. The highest BCUT2D eigenvalue weighted by atomic mass is 19.1. The van der Waals surface area contributed by atoms with Crippen molar-refractivity contribution < 1.29 is 9.18 Å². The van der Waals surface area contributed by atoms with Gasteiger partial charge in [-0.25, -0.2) is 19.3 Å². The lowest BCUT2D eigenvalue weighted by Crippen LogP contribution is -2.32. The third-order valence-corrected chi connectivity index (χ3v) is 5.88. The monoisotopic (exact) mass is 445 g/mol. The number of carbonyl (C=O) groups excluding carboxylic acids is 1. The number of fused-ring (bicyclic) bond motifs is 1. The van der Waals surface area contributed by atoms with Crippen LogP contribution in [-0.2, 0) is 11.2 Å². The average Bonchev–Trinajstić information content (AvgIpc) is 3.50. The van der Waals surface area contributed by atoms with Crippen molar-refractivity contribution in [2.45, 2.75) is 31.7 Å². The van der Waals surface area contributed by atoms with Gasteiger partial charge in [0.1, 0.15) is 23.8 Å². The summed E-state index contributed by atoms with van der Waals surface area (Å²) >= 11 is 0. The maximum absolute atomic E-state index is 13.1. The van der Waals surface area contributed by atoms with Gasteiger partial charge in [-0.2, -0.15) is 5.10 Å². The molecule has 2 aromatic heterocycles. The van der Waals surface area contributed by atoms with Crippen LogP contribution in [0, 0.1) is 5.82 Å². The van der Waals surface area contributed by atoms with E-state index < -0.39 is 0 Å². The minimum absolute atomic E-state index is 0.0632.